The summed E-state index contributed by atoms with van der Waals surface area (Å²) >= 11 is 0. The van der Waals surface area contributed by atoms with Gasteiger partial charge in [-0.1, -0.05) is 72.8 Å². The second kappa shape index (κ2) is 10.6. The lowest BCUT2D eigenvalue weighted by Crippen LogP contribution is -2.23. The predicted molar refractivity (Wildman–Crippen MR) is 140 cm³/mol. The maximum absolute atomic E-state index is 12.5. The van der Waals surface area contributed by atoms with Crippen LogP contribution >= 0.6 is 0 Å². The van der Waals surface area contributed by atoms with E-state index in [-0.39, 0.29) is 18.2 Å². The minimum absolute atomic E-state index is 0.0297. The summed E-state index contributed by atoms with van der Waals surface area (Å²) in [6.07, 6.45) is 3.92. The summed E-state index contributed by atoms with van der Waals surface area (Å²) in [5.41, 5.74) is 5.06. The number of furan rings is 1. The van der Waals surface area contributed by atoms with E-state index in [1.807, 2.05) is 71.7 Å². The minimum Gasteiger partial charge on any atom is -0.467 e. The molecule has 1 aliphatic heterocycles. The maximum atomic E-state index is 12.5. The van der Waals surface area contributed by atoms with E-state index >= 15 is 0 Å². The number of carbonyl (C=O) groups is 1. The molecule has 0 saturated heterocycles. The van der Waals surface area contributed by atoms with Crippen LogP contribution in [0.4, 0.5) is 5.69 Å². The average Bonchev–Trinajstić information content (AvgIpc) is 3.62. The van der Waals surface area contributed by atoms with Crippen LogP contribution in [0.5, 0.6) is 0 Å². The lowest BCUT2D eigenvalue weighted by molar-refractivity contribution is -0.117. The second-order valence-electron chi connectivity index (χ2n) is 8.41. The summed E-state index contributed by atoms with van der Waals surface area (Å²) in [6.45, 7) is 0.224. The van der Waals surface area contributed by atoms with Crippen molar-refractivity contribution in [3.63, 3.8) is 0 Å². The Hall–Kier alpha value is -4.89. The molecule has 1 aromatic heterocycles. The van der Waals surface area contributed by atoms with Crippen molar-refractivity contribution < 1.29 is 9.21 Å². The molecule has 0 spiro atoms. The lowest BCUT2D eigenvalue weighted by atomic mass is 9.98. The van der Waals surface area contributed by atoms with Gasteiger partial charge in [0.25, 0.3) is 5.91 Å². The number of hydrogen-bond acceptors (Lipinski definition) is 5. The molecule has 0 aliphatic carbocycles. The molecular weight excluding hydrogens is 448 g/mol. The van der Waals surface area contributed by atoms with Crippen molar-refractivity contribution in [2.75, 3.05) is 5.01 Å². The van der Waals surface area contributed by atoms with E-state index in [1.165, 1.54) is 5.56 Å². The van der Waals surface area contributed by atoms with Crippen molar-refractivity contribution >= 4 is 23.4 Å². The van der Waals surface area contributed by atoms with E-state index in [2.05, 4.69) is 29.6 Å². The normalized spacial score (nSPS) is 15.3. The number of nitriles is 1. The number of hydrazone groups is 1. The van der Waals surface area contributed by atoms with E-state index < -0.39 is 5.91 Å². The first-order valence-electron chi connectivity index (χ1n) is 11.7. The highest BCUT2D eigenvalue weighted by Gasteiger charge is 2.29. The molecule has 1 amide bonds. The van der Waals surface area contributed by atoms with Gasteiger partial charge in [-0.15, -0.1) is 0 Å². The molecule has 6 nitrogen and oxygen atoms in total. The first-order valence-corrected chi connectivity index (χ1v) is 11.7. The fourth-order valence-corrected chi connectivity index (χ4v) is 4.20. The van der Waals surface area contributed by atoms with E-state index in [9.17, 15) is 10.1 Å². The number of carbonyl (C=O) groups excluding carboxylic acids is 1. The Balaban J connectivity index is 1.37. The van der Waals surface area contributed by atoms with Crippen molar-refractivity contribution in [2.24, 2.45) is 5.10 Å². The Labute approximate surface area is 209 Å². The second-order valence-corrected chi connectivity index (χ2v) is 8.41. The molecule has 0 radical (unpaired) electrons. The van der Waals surface area contributed by atoms with Crippen molar-refractivity contribution in [2.45, 2.75) is 19.0 Å². The third-order valence-electron chi connectivity index (χ3n) is 6.04. The molecule has 1 unspecified atom stereocenters. The van der Waals surface area contributed by atoms with E-state index in [4.69, 9.17) is 9.52 Å². The SMILES string of the molecule is N#C/C(=C\c1ccc(N2N=C(c3ccccc3)CC2c2ccccc2)cc1)C(=O)NCc1ccco1. The highest BCUT2D eigenvalue weighted by atomic mass is 16.3. The van der Waals surface area contributed by atoms with Crippen molar-refractivity contribution in [3.05, 3.63) is 131 Å². The van der Waals surface area contributed by atoms with E-state index in [0.717, 1.165) is 28.9 Å². The van der Waals surface area contributed by atoms with Crippen molar-refractivity contribution in [1.29, 1.82) is 5.26 Å². The lowest BCUT2D eigenvalue weighted by Gasteiger charge is -2.24. The van der Waals surface area contributed by atoms with Crippen LogP contribution in [-0.4, -0.2) is 11.6 Å². The van der Waals surface area contributed by atoms with Gasteiger partial charge in [-0.25, -0.2) is 0 Å². The number of hydrogen-bond donors (Lipinski definition) is 1. The van der Waals surface area contributed by atoms with Gasteiger partial charge >= 0.3 is 0 Å². The van der Waals surface area contributed by atoms with Crippen LogP contribution < -0.4 is 10.3 Å². The van der Waals surface area contributed by atoms with Gasteiger partial charge in [0.1, 0.15) is 17.4 Å². The number of nitrogens with one attached hydrogen (secondary N) is 1. The van der Waals surface area contributed by atoms with Crippen molar-refractivity contribution in [3.8, 4) is 6.07 Å². The quantitative estimate of drug-likeness (QED) is 0.270. The molecule has 1 atom stereocenters. The zero-order chi connectivity index (χ0) is 24.7. The van der Waals surface area contributed by atoms with Gasteiger partial charge < -0.3 is 9.73 Å². The zero-order valence-corrected chi connectivity index (χ0v) is 19.5. The number of anilines is 1. The summed E-state index contributed by atoms with van der Waals surface area (Å²) in [4.78, 5) is 12.5. The van der Waals surface area contributed by atoms with Crippen LogP contribution in [-0.2, 0) is 11.3 Å². The number of rotatable bonds is 7. The number of nitrogens with zero attached hydrogens (tertiary/aromatic N) is 3. The van der Waals surface area contributed by atoms with Crippen molar-refractivity contribution in [1.82, 2.24) is 5.32 Å². The van der Waals surface area contributed by atoms with Gasteiger partial charge in [0, 0.05) is 6.42 Å². The highest BCUT2D eigenvalue weighted by Crippen LogP contribution is 2.36. The average molecular weight is 473 g/mol. The zero-order valence-electron chi connectivity index (χ0n) is 19.5. The van der Waals surface area contributed by atoms with E-state index in [0.29, 0.717) is 5.76 Å². The Kier molecular flexibility index (Phi) is 6.72. The molecule has 6 heteroatoms. The van der Waals surface area contributed by atoms with Crippen LogP contribution in [0.15, 0.2) is 118 Å². The van der Waals surface area contributed by atoms with E-state index in [1.54, 1.807) is 24.5 Å². The molecule has 0 bridgehead atoms. The third-order valence-corrected chi connectivity index (χ3v) is 6.04. The summed E-state index contributed by atoms with van der Waals surface area (Å²) in [6, 6.07) is 33.9. The smallest absolute Gasteiger partial charge is 0.262 e. The van der Waals surface area contributed by atoms with Gasteiger partial charge in [0.05, 0.1) is 30.2 Å². The molecule has 0 fully saturated rings. The summed E-state index contributed by atoms with van der Waals surface area (Å²) < 4.78 is 5.22. The molecule has 4 aromatic rings. The molecule has 3 aromatic carbocycles. The largest absolute Gasteiger partial charge is 0.467 e. The summed E-state index contributed by atoms with van der Waals surface area (Å²) in [5.74, 6) is 0.178. The molecular formula is C30H24N4O2. The monoisotopic (exact) mass is 472 g/mol. The fourth-order valence-electron chi connectivity index (χ4n) is 4.20. The first-order chi connectivity index (χ1) is 17.7. The molecule has 36 heavy (non-hydrogen) atoms. The Morgan fingerprint density at radius 2 is 1.72 bits per heavy atom. The fraction of sp³-hybridized carbons (Fsp3) is 0.100. The molecule has 176 valence electrons. The highest BCUT2D eigenvalue weighted by molar-refractivity contribution is 6.03. The minimum atomic E-state index is -0.446. The summed E-state index contributed by atoms with van der Waals surface area (Å²) in [7, 11) is 0. The molecule has 1 aliphatic rings. The van der Waals surface area contributed by atoms with Crippen LogP contribution in [0.3, 0.4) is 0 Å². The third kappa shape index (κ3) is 5.11. The molecule has 2 heterocycles. The topological polar surface area (TPSA) is 81.6 Å². The standard InChI is InChI=1S/C30H24N4O2/c31-20-25(30(35)32-21-27-12-7-17-36-27)18-22-13-15-26(16-14-22)34-29(24-10-5-2-6-11-24)19-28(33-34)23-8-3-1-4-9-23/h1-18,29H,19,21H2,(H,32,35)/b25-18+. The van der Waals surface area contributed by atoms with Crippen LogP contribution in [0.2, 0.25) is 0 Å². The molecule has 0 saturated carbocycles. The number of amides is 1. The Bertz CT molecular complexity index is 1420. The van der Waals surface area contributed by atoms with Gasteiger partial charge in [-0.3, -0.25) is 9.80 Å². The van der Waals surface area contributed by atoms with Crippen LogP contribution in [0.1, 0.15) is 34.9 Å². The van der Waals surface area contributed by atoms with Crippen LogP contribution in [0, 0.1) is 11.3 Å². The van der Waals surface area contributed by atoms with Gasteiger partial charge in [0.2, 0.25) is 0 Å². The Morgan fingerprint density at radius 3 is 2.39 bits per heavy atom. The maximum Gasteiger partial charge on any atom is 0.262 e. The Morgan fingerprint density at radius 1 is 1.00 bits per heavy atom. The predicted octanol–water partition coefficient (Wildman–Crippen LogP) is 5.86. The first kappa shape index (κ1) is 22.9. The summed E-state index contributed by atoms with van der Waals surface area (Å²) in [5, 5.41) is 19.2. The van der Waals surface area contributed by atoms with Gasteiger partial charge in [-0.05, 0) is 47.0 Å². The van der Waals surface area contributed by atoms with Gasteiger partial charge in [0.15, 0.2) is 0 Å². The van der Waals surface area contributed by atoms with Crippen LogP contribution in [0.25, 0.3) is 6.08 Å². The molecule has 5 rings (SSSR count). The van der Waals surface area contributed by atoms with Gasteiger partial charge in [-0.2, -0.15) is 10.4 Å². The number of benzene rings is 3. The molecule has 1 N–H and O–H groups in total.